The average Bonchev–Trinajstić information content (AvgIpc) is 2.49. The smallest absolute Gasteiger partial charge is 0.271 e. The SMILES string of the molecule is CN(CCCNC(=O)c1cnc2ccccc2n1)S(C)(=O)=O. The first-order valence-electron chi connectivity index (χ1n) is 6.79. The van der Waals surface area contributed by atoms with E-state index in [1.165, 1.54) is 17.5 Å². The van der Waals surface area contributed by atoms with Crippen molar-refractivity contribution in [2.75, 3.05) is 26.4 Å². The summed E-state index contributed by atoms with van der Waals surface area (Å²) in [6.45, 7) is 0.718. The van der Waals surface area contributed by atoms with Gasteiger partial charge in [0.15, 0.2) is 0 Å². The van der Waals surface area contributed by atoms with Crippen LogP contribution in [0.15, 0.2) is 30.5 Å². The molecule has 1 aromatic heterocycles. The van der Waals surface area contributed by atoms with Gasteiger partial charge in [-0.2, -0.15) is 0 Å². The van der Waals surface area contributed by atoms with Crippen LogP contribution in [-0.2, 0) is 10.0 Å². The first-order valence-corrected chi connectivity index (χ1v) is 8.64. The molecule has 1 amide bonds. The minimum Gasteiger partial charge on any atom is -0.351 e. The Kier molecular flexibility index (Phi) is 5.04. The number of hydrogen-bond donors (Lipinski definition) is 1. The summed E-state index contributed by atoms with van der Waals surface area (Å²) >= 11 is 0. The van der Waals surface area contributed by atoms with E-state index in [9.17, 15) is 13.2 Å². The highest BCUT2D eigenvalue weighted by molar-refractivity contribution is 7.88. The number of benzene rings is 1. The molecule has 1 aromatic carbocycles. The average molecular weight is 322 g/mol. The third kappa shape index (κ3) is 4.22. The molecule has 0 fully saturated rings. The van der Waals surface area contributed by atoms with Gasteiger partial charge in [-0.25, -0.2) is 17.7 Å². The molecule has 0 aliphatic heterocycles. The van der Waals surface area contributed by atoms with Crippen LogP contribution in [0.4, 0.5) is 0 Å². The summed E-state index contributed by atoms with van der Waals surface area (Å²) in [7, 11) is -1.68. The number of aromatic nitrogens is 2. The minimum atomic E-state index is -3.18. The molecule has 0 atom stereocenters. The van der Waals surface area contributed by atoms with Gasteiger partial charge in [0, 0.05) is 20.1 Å². The topological polar surface area (TPSA) is 92.3 Å². The van der Waals surface area contributed by atoms with Gasteiger partial charge in [0.1, 0.15) is 5.69 Å². The van der Waals surface area contributed by atoms with E-state index >= 15 is 0 Å². The molecule has 2 rings (SSSR count). The minimum absolute atomic E-state index is 0.246. The summed E-state index contributed by atoms with van der Waals surface area (Å²) in [6, 6.07) is 7.31. The molecule has 0 bridgehead atoms. The normalized spacial score (nSPS) is 11.8. The summed E-state index contributed by atoms with van der Waals surface area (Å²) in [4.78, 5) is 20.4. The van der Waals surface area contributed by atoms with Crippen LogP contribution in [-0.4, -0.2) is 55.0 Å². The molecule has 0 unspecified atom stereocenters. The zero-order valence-electron chi connectivity index (χ0n) is 12.5. The summed E-state index contributed by atoms with van der Waals surface area (Å²) in [5.41, 5.74) is 1.64. The third-order valence-corrected chi connectivity index (χ3v) is 4.50. The maximum absolute atomic E-state index is 12.0. The lowest BCUT2D eigenvalue weighted by Gasteiger charge is -2.13. The van der Waals surface area contributed by atoms with Crippen molar-refractivity contribution < 1.29 is 13.2 Å². The van der Waals surface area contributed by atoms with Crippen LogP contribution in [0.1, 0.15) is 16.9 Å². The molecule has 1 N–H and O–H groups in total. The van der Waals surface area contributed by atoms with Gasteiger partial charge in [0.25, 0.3) is 5.91 Å². The van der Waals surface area contributed by atoms with E-state index in [2.05, 4.69) is 15.3 Å². The fraction of sp³-hybridized carbons (Fsp3) is 0.357. The Morgan fingerprint density at radius 1 is 1.27 bits per heavy atom. The highest BCUT2D eigenvalue weighted by Crippen LogP contribution is 2.08. The van der Waals surface area contributed by atoms with E-state index in [0.717, 1.165) is 11.8 Å². The van der Waals surface area contributed by atoms with E-state index in [1.54, 1.807) is 6.07 Å². The molecular formula is C14H18N4O3S. The number of hydrogen-bond acceptors (Lipinski definition) is 5. The van der Waals surface area contributed by atoms with Crippen molar-refractivity contribution in [3.05, 3.63) is 36.2 Å². The summed E-state index contributed by atoms with van der Waals surface area (Å²) in [5.74, 6) is -0.319. The number of rotatable bonds is 6. The van der Waals surface area contributed by atoms with Crippen molar-refractivity contribution in [3.63, 3.8) is 0 Å². The van der Waals surface area contributed by atoms with Gasteiger partial charge in [-0.3, -0.25) is 9.78 Å². The highest BCUT2D eigenvalue weighted by Gasteiger charge is 2.11. The van der Waals surface area contributed by atoms with Gasteiger partial charge in [-0.1, -0.05) is 12.1 Å². The third-order valence-electron chi connectivity index (χ3n) is 3.18. The van der Waals surface area contributed by atoms with E-state index in [0.29, 0.717) is 25.0 Å². The largest absolute Gasteiger partial charge is 0.351 e. The number of carbonyl (C=O) groups excluding carboxylic acids is 1. The van der Waals surface area contributed by atoms with E-state index in [4.69, 9.17) is 0 Å². The van der Waals surface area contributed by atoms with Crippen molar-refractivity contribution in [3.8, 4) is 0 Å². The predicted octanol–water partition coefficient (Wildman–Crippen LogP) is 0.641. The second-order valence-electron chi connectivity index (χ2n) is 4.94. The summed E-state index contributed by atoms with van der Waals surface area (Å²) < 4.78 is 23.7. The lowest BCUT2D eigenvalue weighted by Crippen LogP contribution is -2.31. The van der Waals surface area contributed by atoms with Crippen LogP contribution in [0.2, 0.25) is 0 Å². The van der Waals surface area contributed by atoms with Crippen LogP contribution in [0.25, 0.3) is 11.0 Å². The second kappa shape index (κ2) is 6.80. The van der Waals surface area contributed by atoms with Crippen LogP contribution in [0, 0.1) is 0 Å². The first kappa shape index (κ1) is 16.3. The molecule has 118 valence electrons. The van der Waals surface area contributed by atoms with Gasteiger partial charge >= 0.3 is 0 Å². The number of amides is 1. The monoisotopic (exact) mass is 322 g/mol. The van der Waals surface area contributed by atoms with Crippen LogP contribution in [0.3, 0.4) is 0 Å². The van der Waals surface area contributed by atoms with Crippen LogP contribution in [0.5, 0.6) is 0 Å². The van der Waals surface area contributed by atoms with E-state index < -0.39 is 10.0 Å². The van der Waals surface area contributed by atoms with Crippen LogP contribution >= 0.6 is 0 Å². The van der Waals surface area contributed by atoms with Gasteiger partial charge < -0.3 is 5.32 Å². The van der Waals surface area contributed by atoms with E-state index in [-0.39, 0.29) is 11.6 Å². The molecular weight excluding hydrogens is 304 g/mol. The number of carbonyl (C=O) groups is 1. The molecule has 22 heavy (non-hydrogen) atoms. The standard InChI is InChI=1S/C14H18N4O3S/c1-18(22(2,20)21)9-5-8-15-14(19)13-10-16-11-6-3-4-7-12(11)17-13/h3-4,6-7,10H,5,8-9H2,1-2H3,(H,15,19). The molecule has 1 heterocycles. The Balaban J connectivity index is 1.89. The predicted molar refractivity (Wildman–Crippen MR) is 84.0 cm³/mol. The number of nitrogens with zero attached hydrogens (tertiary/aromatic N) is 3. The lowest BCUT2D eigenvalue weighted by atomic mass is 10.3. The van der Waals surface area contributed by atoms with Crippen LogP contribution < -0.4 is 5.32 Å². The molecule has 0 radical (unpaired) electrons. The van der Waals surface area contributed by atoms with Crippen molar-refractivity contribution in [2.24, 2.45) is 0 Å². The molecule has 0 saturated carbocycles. The maximum Gasteiger partial charge on any atom is 0.271 e. The Hall–Kier alpha value is -2.06. The molecule has 0 aliphatic rings. The van der Waals surface area contributed by atoms with Gasteiger partial charge in [0.05, 0.1) is 23.5 Å². The second-order valence-corrected chi connectivity index (χ2v) is 7.03. The van der Waals surface area contributed by atoms with Crippen molar-refractivity contribution in [2.45, 2.75) is 6.42 Å². The first-order chi connectivity index (χ1) is 10.4. The summed E-state index contributed by atoms with van der Waals surface area (Å²) in [6.07, 6.45) is 3.10. The fourth-order valence-corrected chi connectivity index (χ4v) is 2.29. The molecule has 0 aliphatic carbocycles. The Bertz CT molecular complexity index is 777. The molecule has 8 heteroatoms. The van der Waals surface area contributed by atoms with Gasteiger partial charge in [-0.05, 0) is 18.6 Å². The molecule has 0 spiro atoms. The van der Waals surface area contributed by atoms with Crippen molar-refractivity contribution in [1.29, 1.82) is 0 Å². The van der Waals surface area contributed by atoms with E-state index in [1.807, 2.05) is 18.2 Å². The Labute approximate surface area is 129 Å². The number of sulfonamides is 1. The quantitative estimate of drug-likeness (QED) is 0.788. The highest BCUT2D eigenvalue weighted by atomic mass is 32.2. The van der Waals surface area contributed by atoms with Crippen molar-refractivity contribution >= 4 is 27.0 Å². The maximum atomic E-state index is 12.0. The Morgan fingerprint density at radius 2 is 1.95 bits per heavy atom. The van der Waals surface area contributed by atoms with Gasteiger partial charge in [-0.15, -0.1) is 0 Å². The van der Waals surface area contributed by atoms with Gasteiger partial charge in [0.2, 0.25) is 10.0 Å². The summed E-state index contributed by atoms with van der Waals surface area (Å²) in [5, 5.41) is 2.71. The Morgan fingerprint density at radius 3 is 2.64 bits per heavy atom. The zero-order valence-corrected chi connectivity index (χ0v) is 13.3. The number of nitrogens with one attached hydrogen (secondary N) is 1. The van der Waals surface area contributed by atoms with Crippen molar-refractivity contribution in [1.82, 2.24) is 19.6 Å². The molecule has 2 aromatic rings. The fourth-order valence-electron chi connectivity index (χ4n) is 1.83. The zero-order chi connectivity index (χ0) is 16.2. The number of fused-ring (bicyclic) bond motifs is 1. The number of para-hydroxylation sites is 2. The lowest BCUT2D eigenvalue weighted by molar-refractivity contribution is 0.0948. The molecule has 7 nitrogen and oxygen atoms in total. The molecule has 0 saturated heterocycles.